The number of hydrogen-bond donors (Lipinski definition) is 1. The first-order valence-corrected chi connectivity index (χ1v) is 5.71. The number of ether oxygens (including phenoxy) is 2. The Hall–Kier alpha value is -1.55. The summed E-state index contributed by atoms with van der Waals surface area (Å²) in [5.41, 5.74) is 1.03. The zero-order chi connectivity index (χ0) is 12.7. The van der Waals surface area contributed by atoms with Crippen molar-refractivity contribution in [2.75, 3.05) is 20.3 Å². The third kappa shape index (κ3) is 4.07. The summed E-state index contributed by atoms with van der Waals surface area (Å²) in [5.74, 6) is 0.575. The van der Waals surface area contributed by atoms with E-state index < -0.39 is 0 Å². The predicted octanol–water partition coefficient (Wildman–Crippen LogP) is 1.91. The zero-order valence-corrected chi connectivity index (χ0v) is 10.5. The van der Waals surface area contributed by atoms with Gasteiger partial charge in [0.05, 0.1) is 20.3 Å². The summed E-state index contributed by atoms with van der Waals surface area (Å²) in [7, 11) is 1.64. The highest BCUT2D eigenvalue weighted by atomic mass is 16.5. The number of methoxy groups -OCH3 is 1. The van der Waals surface area contributed by atoms with Crippen LogP contribution in [0, 0.1) is 0 Å². The number of rotatable bonds is 6. The van der Waals surface area contributed by atoms with E-state index in [1.165, 1.54) is 0 Å². The highest BCUT2D eigenvalue weighted by molar-refractivity contribution is 5.71. The molecule has 0 saturated heterocycles. The summed E-state index contributed by atoms with van der Waals surface area (Å²) in [6.07, 6.45) is 0. The second-order valence-electron chi connectivity index (χ2n) is 3.65. The standard InChI is InChI=1S/C13H19NO3/c1-4-17-13(15)9-14-10(2)11-7-5-6-8-12(11)16-3/h5-8,10,14H,4,9H2,1-3H3/t10-/m1/s1. The molecule has 17 heavy (non-hydrogen) atoms. The molecule has 0 radical (unpaired) electrons. The molecule has 94 valence electrons. The molecule has 0 amide bonds. The van der Waals surface area contributed by atoms with Gasteiger partial charge in [0.1, 0.15) is 5.75 Å². The molecule has 0 spiro atoms. The Kier molecular flexibility index (Phi) is 5.49. The number of para-hydroxylation sites is 1. The molecule has 0 aliphatic rings. The van der Waals surface area contributed by atoms with Crippen LogP contribution < -0.4 is 10.1 Å². The predicted molar refractivity (Wildman–Crippen MR) is 66.0 cm³/mol. The molecule has 0 aliphatic heterocycles. The molecule has 4 heteroatoms. The van der Waals surface area contributed by atoms with E-state index in [1.54, 1.807) is 14.0 Å². The molecule has 0 aliphatic carbocycles. The van der Waals surface area contributed by atoms with Gasteiger partial charge < -0.3 is 14.8 Å². The van der Waals surface area contributed by atoms with E-state index in [2.05, 4.69) is 5.32 Å². The van der Waals surface area contributed by atoms with Crippen molar-refractivity contribution in [3.8, 4) is 5.75 Å². The van der Waals surface area contributed by atoms with Crippen LogP contribution in [-0.2, 0) is 9.53 Å². The summed E-state index contributed by atoms with van der Waals surface area (Å²) >= 11 is 0. The van der Waals surface area contributed by atoms with Gasteiger partial charge in [-0.1, -0.05) is 18.2 Å². The van der Waals surface area contributed by atoms with Crippen LogP contribution >= 0.6 is 0 Å². The lowest BCUT2D eigenvalue weighted by Gasteiger charge is -2.16. The summed E-state index contributed by atoms with van der Waals surface area (Å²) < 4.78 is 10.1. The summed E-state index contributed by atoms with van der Waals surface area (Å²) in [4.78, 5) is 11.2. The van der Waals surface area contributed by atoms with Crippen LogP contribution in [0.2, 0.25) is 0 Å². The van der Waals surface area contributed by atoms with Crippen LogP contribution in [-0.4, -0.2) is 26.2 Å². The Morgan fingerprint density at radius 3 is 2.76 bits per heavy atom. The fraction of sp³-hybridized carbons (Fsp3) is 0.462. The number of carbonyl (C=O) groups is 1. The van der Waals surface area contributed by atoms with Crippen molar-refractivity contribution in [2.24, 2.45) is 0 Å². The maximum absolute atomic E-state index is 11.2. The zero-order valence-electron chi connectivity index (χ0n) is 10.5. The van der Waals surface area contributed by atoms with Crippen LogP contribution in [0.3, 0.4) is 0 Å². The average Bonchev–Trinajstić information content (AvgIpc) is 2.36. The van der Waals surface area contributed by atoms with E-state index in [0.29, 0.717) is 6.61 Å². The lowest BCUT2D eigenvalue weighted by Crippen LogP contribution is -2.27. The highest BCUT2D eigenvalue weighted by Gasteiger charge is 2.11. The maximum atomic E-state index is 11.2. The lowest BCUT2D eigenvalue weighted by atomic mass is 10.1. The van der Waals surface area contributed by atoms with Gasteiger partial charge in [0.2, 0.25) is 0 Å². The number of esters is 1. The Balaban J connectivity index is 2.57. The summed E-state index contributed by atoms with van der Waals surface area (Å²) in [6, 6.07) is 7.77. The fourth-order valence-electron chi connectivity index (χ4n) is 1.58. The molecule has 0 fully saturated rings. The molecule has 1 aromatic rings. The Bertz CT molecular complexity index is 365. The van der Waals surface area contributed by atoms with Gasteiger partial charge in [0.25, 0.3) is 0 Å². The quantitative estimate of drug-likeness (QED) is 0.768. The van der Waals surface area contributed by atoms with E-state index in [0.717, 1.165) is 11.3 Å². The second-order valence-corrected chi connectivity index (χ2v) is 3.65. The molecule has 1 N–H and O–H groups in total. The van der Waals surface area contributed by atoms with Crippen LogP contribution in [0.15, 0.2) is 24.3 Å². The van der Waals surface area contributed by atoms with Crippen molar-refractivity contribution in [1.82, 2.24) is 5.32 Å². The second kappa shape index (κ2) is 6.91. The minimum Gasteiger partial charge on any atom is -0.496 e. The van der Waals surface area contributed by atoms with Crippen molar-refractivity contribution >= 4 is 5.97 Å². The average molecular weight is 237 g/mol. The molecule has 0 bridgehead atoms. The summed E-state index contributed by atoms with van der Waals surface area (Å²) in [5, 5.41) is 3.10. The number of carbonyl (C=O) groups excluding carboxylic acids is 1. The van der Waals surface area contributed by atoms with Crippen LogP contribution in [0.5, 0.6) is 5.75 Å². The third-order valence-corrected chi connectivity index (χ3v) is 2.46. The number of hydrogen-bond acceptors (Lipinski definition) is 4. The molecule has 0 unspecified atom stereocenters. The van der Waals surface area contributed by atoms with Crippen molar-refractivity contribution in [3.05, 3.63) is 29.8 Å². The largest absolute Gasteiger partial charge is 0.496 e. The molecule has 0 saturated carbocycles. The van der Waals surface area contributed by atoms with Crippen LogP contribution in [0.4, 0.5) is 0 Å². The third-order valence-electron chi connectivity index (χ3n) is 2.46. The van der Waals surface area contributed by atoms with E-state index >= 15 is 0 Å². The maximum Gasteiger partial charge on any atom is 0.319 e. The molecule has 1 rings (SSSR count). The first kappa shape index (κ1) is 13.5. The van der Waals surface area contributed by atoms with E-state index in [-0.39, 0.29) is 18.6 Å². The van der Waals surface area contributed by atoms with Gasteiger partial charge in [0, 0.05) is 11.6 Å². The molecule has 4 nitrogen and oxygen atoms in total. The first-order chi connectivity index (χ1) is 8.19. The number of benzene rings is 1. The van der Waals surface area contributed by atoms with Gasteiger partial charge >= 0.3 is 5.97 Å². The minimum absolute atomic E-state index is 0.0376. The molecule has 0 aromatic heterocycles. The van der Waals surface area contributed by atoms with Crippen molar-refractivity contribution in [2.45, 2.75) is 19.9 Å². The van der Waals surface area contributed by atoms with Gasteiger partial charge in [-0.2, -0.15) is 0 Å². The Labute approximate surface area is 102 Å². The first-order valence-electron chi connectivity index (χ1n) is 5.71. The van der Waals surface area contributed by atoms with Crippen LogP contribution in [0.1, 0.15) is 25.5 Å². The smallest absolute Gasteiger partial charge is 0.319 e. The Morgan fingerprint density at radius 1 is 1.41 bits per heavy atom. The lowest BCUT2D eigenvalue weighted by molar-refractivity contribution is -0.142. The molecule has 0 heterocycles. The van der Waals surface area contributed by atoms with Crippen molar-refractivity contribution in [1.29, 1.82) is 0 Å². The van der Waals surface area contributed by atoms with Gasteiger partial charge in [-0.05, 0) is 19.9 Å². The van der Waals surface area contributed by atoms with Gasteiger partial charge in [-0.25, -0.2) is 0 Å². The monoisotopic (exact) mass is 237 g/mol. The van der Waals surface area contributed by atoms with Gasteiger partial charge in [-0.15, -0.1) is 0 Å². The van der Waals surface area contributed by atoms with Crippen molar-refractivity contribution < 1.29 is 14.3 Å². The highest BCUT2D eigenvalue weighted by Crippen LogP contribution is 2.23. The molecular formula is C13H19NO3. The number of nitrogens with one attached hydrogen (secondary N) is 1. The Morgan fingerprint density at radius 2 is 2.12 bits per heavy atom. The van der Waals surface area contributed by atoms with Gasteiger partial charge in [0.15, 0.2) is 0 Å². The fourth-order valence-corrected chi connectivity index (χ4v) is 1.58. The topological polar surface area (TPSA) is 47.6 Å². The van der Waals surface area contributed by atoms with Crippen molar-refractivity contribution in [3.63, 3.8) is 0 Å². The van der Waals surface area contributed by atoms with E-state index in [9.17, 15) is 4.79 Å². The minimum atomic E-state index is -0.241. The summed E-state index contributed by atoms with van der Waals surface area (Å²) in [6.45, 7) is 4.38. The van der Waals surface area contributed by atoms with E-state index in [4.69, 9.17) is 9.47 Å². The normalized spacial score (nSPS) is 11.9. The molecule has 1 aromatic carbocycles. The SMILES string of the molecule is CCOC(=O)CN[C@H](C)c1ccccc1OC. The molecular weight excluding hydrogens is 218 g/mol. The van der Waals surface area contributed by atoms with Crippen LogP contribution in [0.25, 0.3) is 0 Å². The molecule has 1 atom stereocenters. The van der Waals surface area contributed by atoms with Gasteiger partial charge in [-0.3, -0.25) is 4.79 Å². The van der Waals surface area contributed by atoms with E-state index in [1.807, 2.05) is 31.2 Å².